The summed E-state index contributed by atoms with van der Waals surface area (Å²) in [6, 6.07) is 0.456. The fraction of sp³-hybridized carbons (Fsp3) is 0.857. The lowest BCUT2D eigenvalue weighted by molar-refractivity contribution is 0.200. The third-order valence-electron chi connectivity index (χ3n) is 4.04. The van der Waals surface area contributed by atoms with Gasteiger partial charge in [-0.25, -0.2) is 0 Å². The van der Waals surface area contributed by atoms with Crippen LogP contribution in [0, 0.1) is 11.8 Å². The molecule has 1 heterocycles. The highest BCUT2D eigenvalue weighted by atomic mass is 35.5. The van der Waals surface area contributed by atoms with Gasteiger partial charge in [0.2, 0.25) is 5.28 Å². The molecule has 0 saturated heterocycles. The molecule has 0 spiro atoms. The first-order chi connectivity index (χ1) is 8.30. The Balaban J connectivity index is 2.36. The van der Waals surface area contributed by atoms with Crippen molar-refractivity contribution in [3.8, 4) is 0 Å². The maximum atomic E-state index is 6.28. The van der Waals surface area contributed by atoms with Gasteiger partial charge in [0.05, 0.1) is 0 Å². The van der Waals surface area contributed by atoms with Gasteiger partial charge in [-0.1, -0.05) is 34.6 Å². The molecular weight excluding hydrogens is 246 g/mol. The molecule has 3 atom stereocenters. The molecule has 0 aromatic carbocycles. The second-order valence-electron chi connectivity index (χ2n) is 6.88. The van der Waals surface area contributed by atoms with E-state index in [0.29, 0.717) is 17.2 Å². The molecule has 0 radical (unpaired) electrons. The summed E-state index contributed by atoms with van der Waals surface area (Å²) in [7, 11) is 0. The fourth-order valence-electron chi connectivity index (χ4n) is 3.11. The maximum Gasteiger partial charge on any atom is 0.225 e. The third kappa shape index (κ3) is 2.56. The second kappa shape index (κ2) is 4.84. The van der Waals surface area contributed by atoms with Gasteiger partial charge in [-0.2, -0.15) is 0 Å². The summed E-state index contributed by atoms with van der Waals surface area (Å²) < 4.78 is 2.18. The van der Waals surface area contributed by atoms with Gasteiger partial charge in [-0.05, 0) is 42.7 Å². The van der Waals surface area contributed by atoms with E-state index in [4.69, 9.17) is 11.6 Å². The summed E-state index contributed by atoms with van der Waals surface area (Å²) in [5.41, 5.74) is -0.0110. The first-order valence-electron chi connectivity index (χ1n) is 6.91. The van der Waals surface area contributed by atoms with Gasteiger partial charge in [0.1, 0.15) is 5.82 Å². The van der Waals surface area contributed by atoms with Crippen molar-refractivity contribution in [3.63, 3.8) is 0 Å². The quantitative estimate of drug-likeness (QED) is 0.764. The van der Waals surface area contributed by atoms with Gasteiger partial charge < -0.3 is 0 Å². The molecule has 1 saturated carbocycles. The highest BCUT2D eigenvalue weighted by Crippen LogP contribution is 2.40. The molecule has 3 nitrogen and oxygen atoms in total. The average molecular weight is 270 g/mol. The second-order valence-corrected chi connectivity index (χ2v) is 7.21. The molecule has 4 heteroatoms. The number of hydrogen-bond donors (Lipinski definition) is 0. The maximum absolute atomic E-state index is 6.28. The molecule has 0 bridgehead atoms. The van der Waals surface area contributed by atoms with Crippen molar-refractivity contribution >= 4 is 11.6 Å². The van der Waals surface area contributed by atoms with E-state index in [1.165, 1.54) is 19.3 Å². The van der Waals surface area contributed by atoms with E-state index in [0.717, 1.165) is 11.7 Å². The minimum Gasteiger partial charge on any atom is -0.298 e. The third-order valence-corrected chi connectivity index (χ3v) is 4.30. The van der Waals surface area contributed by atoms with Crippen molar-refractivity contribution in [2.24, 2.45) is 11.8 Å². The molecular formula is C14H24ClN3. The van der Waals surface area contributed by atoms with Crippen LogP contribution in [0.1, 0.15) is 65.7 Å². The van der Waals surface area contributed by atoms with Crippen LogP contribution in [-0.4, -0.2) is 14.8 Å². The first-order valence-corrected chi connectivity index (χ1v) is 7.29. The molecule has 0 N–H and O–H groups in total. The molecule has 18 heavy (non-hydrogen) atoms. The SMILES string of the molecule is CC1CCC(n2c(Cl)nnc2C(C)(C)C)C(C)C1. The number of rotatable bonds is 1. The number of aromatic nitrogens is 3. The summed E-state index contributed by atoms with van der Waals surface area (Å²) >= 11 is 6.28. The Hall–Kier alpha value is -0.570. The van der Waals surface area contributed by atoms with Crippen LogP contribution in [0.15, 0.2) is 0 Å². The average Bonchev–Trinajstić information content (AvgIpc) is 2.60. The largest absolute Gasteiger partial charge is 0.298 e. The van der Waals surface area contributed by atoms with Crippen molar-refractivity contribution in [1.29, 1.82) is 0 Å². The number of nitrogens with zero attached hydrogens (tertiary/aromatic N) is 3. The van der Waals surface area contributed by atoms with E-state index < -0.39 is 0 Å². The van der Waals surface area contributed by atoms with Crippen LogP contribution in [0.4, 0.5) is 0 Å². The van der Waals surface area contributed by atoms with Crippen LogP contribution in [-0.2, 0) is 5.41 Å². The van der Waals surface area contributed by atoms with E-state index in [2.05, 4.69) is 49.4 Å². The van der Waals surface area contributed by atoms with Crippen LogP contribution < -0.4 is 0 Å². The molecule has 3 unspecified atom stereocenters. The van der Waals surface area contributed by atoms with Gasteiger partial charge in [-0.15, -0.1) is 10.2 Å². The predicted molar refractivity (Wildman–Crippen MR) is 74.9 cm³/mol. The van der Waals surface area contributed by atoms with Crippen LogP contribution >= 0.6 is 11.6 Å². The highest BCUT2D eigenvalue weighted by Gasteiger charge is 2.33. The Bertz CT molecular complexity index is 419. The van der Waals surface area contributed by atoms with Crippen molar-refractivity contribution in [3.05, 3.63) is 11.1 Å². The zero-order valence-electron chi connectivity index (χ0n) is 12.1. The Morgan fingerprint density at radius 2 is 1.83 bits per heavy atom. The Labute approximate surface area is 115 Å². The van der Waals surface area contributed by atoms with Gasteiger partial charge in [0.25, 0.3) is 0 Å². The van der Waals surface area contributed by atoms with Crippen molar-refractivity contribution < 1.29 is 0 Å². The smallest absolute Gasteiger partial charge is 0.225 e. The van der Waals surface area contributed by atoms with Crippen LogP contribution in [0.25, 0.3) is 0 Å². The zero-order valence-corrected chi connectivity index (χ0v) is 12.8. The van der Waals surface area contributed by atoms with Crippen LogP contribution in [0.3, 0.4) is 0 Å². The van der Waals surface area contributed by atoms with Crippen molar-refractivity contribution in [1.82, 2.24) is 14.8 Å². The molecule has 0 aliphatic heterocycles. The molecule has 2 rings (SSSR count). The summed E-state index contributed by atoms with van der Waals surface area (Å²) in [6.07, 6.45) is 3.72. The number of hydrogen-bond acceptors (Lipinski definition) is 2. The van der Waals surface area contributed by atoms with Crippen LogP contribution in [0.5, 0.6) is 0 Å². The van der Waals surface area contributed by atoms with Crippen molar-refractivity contribution in [2.45, 2.75) is 65.3 Å². The minimum absolute atomic E-state index is 0.0110. The topological polar surface area (TPSA) is 30.7 Å². The molecule has 1 aliphatic carbocycles. The summed E-state index contributed by atoms with van der Waals surface area (Å²) in [4.78, 5) is 0. The molecule has 102 valence electrons. The van der Waals surface area contributed by atoms with Crippen LogP contribution in [0.2, 0.25) is 5.28 Å². The molecule has 1 aromatic rings. The highest BCUT2D eigenvalue weighted by molar-refractivity contribution is 6.28. The Morgan fingerprint density at radius 1 is 1.17 bits per heavy atom. The normalized spacial score (nSPS) is 29.6. The summed E-state index contributed by atoms with van der Waals surface area (Å²) in [5, 5.41) is 8.93. The molecule has 1 fully saturated rings. The predicted octanol–water partition coefficient (Wildman–Crippen LogP) is 4.23. The van der Waals surface area contributed by atoms with Crippen molar-refractivity contribution in [2.75, 3.05) is 0 Å². The minimum atomic E-state index is -0.0110. The van der Waals surface area contributed by atoms with E-state index in [-0.39, 0.29) is 5.41 Å². The lowest BCUT2D eigenvalue weighted by Gasteiger charge is -2.35. The van der Waals surface area contributed by atoms with E-state index in [1.807, 2.05) is 0 Å². The molecule has 0 amide bonds. The van der Waals surface area contributed by atoms with E-state index >= 15 is 0 Å². The Kier molecular flexibility index (Phi) is 3.72. The molecule has 1 aromatic heterocycles. The molecule has 1 aliphatic rings. The van der Waals surface area contributed by atoms with E-state index in [9.17, 15) is 0 Å². The standard InChI is InChI=1S/C14H24ClN3/c1-9-6-7-11(10(2)8-9)18-12(14(3,4)5)16-17-13(18)15/h9-11H,6-8H2,1-5H3. The Morgan fingerprint density at radius 3 is 2.39 bits per heavy atom. The lowest BCUT2D eigenvalue weighted by Crippen LogP contribution is -2.29. The van der Waals surface area contributed by atoms with Gasteiger partial charge in [0.15, 0.2) is 0 Å². The zero-order chi connectivity index (χ0) is 13.5. The van der Waals surface area contributed by atoms with E-state index in [1.54, 1.807) is 0 Å². The first kappa shape index (κ1) is 13.9. The van der Waals surface area contributed by atoms with Gasteiger partial charge >= 0.3 is 0 Å². The lowest BCUT2D eigenvalue weighted by atomic mass is 9.79. The number of halogens is 1. The summed E-state index contributed by atoms with van der Waals surface area (Å²) in [5.74, 6) is 2.48. The fourth-order valence-corrected chi connectivity index (χ4v) is 3.35. The van der Waals surface area contributed by atoms with Gasteiger partial charge in [-0.3, -0.25) is 4.57 Å². The monoisotopic (exact) mass is 269 g/mol. The van der Waals surface area contributed by atoms with Gasteiger partial charge in [0, 0.05) is 11.5 Å². The summed E-state index contributed by atoms with van der Waals surface area (Å²) in [6.45, 7) is 11.2.